The highest BCUT2D eigenvalue weighted by atomic mass is 35.5. The fourth-order valence-electron chi connectivity index (χ4n) is 3.11. The largest absolute Gasteiger partial charge is 0.495 e. The molecule has 6 nitrogen and oxygen atoms in total. The summed E-state index contributed by atoms with van der Waals surface area (Å²) in [6.07, 6.45) is 3.30. The normalized spacial score (nSPS) is 11.0. The number of hydrogen-bond donors (Lipinski definition) is 1. The summed E-state index contributed by atoms with van der Waals surface area (Å²) in [6.45, 7) is 0.438. The van der Waals surface area contributed by atoms with Crippen molar-refractivity contribution in [3.05, 3.63) is 71.4 Å². The van der Waals surface area contributed by atoms with E-state index in [2.05, 4.69) is 9.55 Å². The monoisotopic (exact) mass is 381 g/mol. The number of nitrogens with zero attached hydrogens (tertiary/aromatic N) is 2. The van der Waals surface area contributed by atoms with Crippen molar-refractivity contribution in [3.63, 3.8) is 0 Å². The van der Waals surface area contributed by atoms with Crippen molar-refractivity contribution in [3.8, 4) is 17.0 Å². The quantitative estimate of drug-likeness (QED) is 0.564. The number of rotatable bonds is 5. The van der Waals surface area contributed by atoms with E-state index in [1.165, 1.54) is 0 Å². The highest BCUT2D eigenvalue weighted by Crippen LogP contribution is 2.35. The highest BCUT2D eigenvalue weighted by molar-refractivity contribution is 6.32. The second-order valence-electron chi connectivity index (χ2n) is 6.05. The number of hydrogen-bond acceptors (Lipinski definition) is 4. The molecule has 4 rings (SSSR count). The third-order valence-electron chi connectivity index (χ3n) is 4.37. The van der Waals surface area contributed by atoms with Gasteiger partial charge in [-0.25, -0.2) is 4.98 Å². The van der Waals surface area contributed by atoms with Crippen molar-refractivity contribution >= 4 is 28.4 Å². The second kappa shape index (κ2) is 6.81. The molecule has 0 bridgehead atoms. The molecule has 2 N–H and O–H groups in total. The number of furan rings is 1. The minimum absolute atomic E-state index is 0.230. The van der Waals surface area contributed by atoms with E-state index in [4.69, 9.17) is 26.5 Å². The van der Waals surface area contributed by atoms with E-state index in [1.54, 1.807) is 31.8 Å². The first-order valence-electron chi connectivity index (χ1n) is 8.22. The summed E-state index contributed by atoms with van der Waals surface area (Å²) >= 11 is 6.35. The van der Waals surface area contributed by atoms with Crippen molar-refractivity contribution in [2.75, 3.05) is 7.11 Å². The maximum atomic E-state index is 11.4. The minimum Gasteiger partial charge on any atom is -0.495 e. The van der Waals surface area contributed by atoms with Crippen molar-refractivity contribution in [1.29, 1.82) is 0 Å². The summed E-state index contributed by atoms with van der Waals surface area (Å²) in [6, 6.07) is 12.9. The number of fused-ring (bicyclic) bond motifs is 1. The summed E-state index contributed by atoms with van der Waals surface area (Å²) < 4.78 is 12.6. The van der Waals surface area contributed by atoms with Gasteiger partial charge >= 0.3 is 0 Å². The third kappa shape index (κ3) is 3.15. The smallest absolute Gasteiger partial charge is 0.267 e. The van der Waals surface area contributed by atoms with Crippen LogP contribution in [-0.4, -0.2) is 22.6 Å². The molecule has 1 aromatic carbocycles. The first-order valence-corrected chi connectivity index (χ1v) is 8.59. The molecule has 0 atom stereocenters. The lowest BCUT2D eigenvalue weighted by atomic mass is 10.2. The number of carbonyl (C=O) groups excluding carboxylic acids is 1. The first kappa shape index (κ1) is 17.2. The van der Waals surface area contributed by atoms with Crippen molar-refractivity contribution in [2.45, 2.75) is 6.54 Å². The van der Waals surface area contributed by atoms with Gasteiger partial charge in [-0.2, -0.15) is 0 Å². The Bertz CT molecular complexity index is 1130. The number of methoxy groups -OCH3 is 1. The number of ether oxygens (including phenoxy) is 1. The van der Waals surface area contributed by atoms with Crippen LogP contribution in [0.4, 0.5) is 0 Å². The van der Waals surface area contributed by atoms with Crippen molar-refractivity contribution in [1.82, 2.24) is 9.55 Å². The molecule has 7 heteroatoms. The number of amides is 1. The van der Waals surface area contributed by atoms with Crippen LogP contribution in [0.5, 0.6) is 5.75 Å². The second-order valence-corrected chi connectivity index (χ2v) is 6.46. The molecule has 3 heterocycles. The molecule has 4 aromatic rings. The number of benzene rings is 1. The zero-order valence-electron chi connectivity index (χ0n) is 14.5. The van der Waals surface area contributed by atoms with Crippen LogP contribution in [0.15, 0.2) is 59.4 Å². The predicted octanol–water partition coefficient (Wildman–Crippen LogP) is 4.11. The summed E-state index contributed by atoms with van der Waals surface area (Å²) in [5, 5.41) is 1.49. The van der Waals surface area contributed by atoms with Crippen molar-refractivity contribution in [2.24, 2.45) is 5.73 Å². The third-order valence-corrected chi connectivity index (χ3v) is 4.67. The summed E-state index contributed by atoms with van der Waals surface area (Å²) in [5.41, 5.74) is 9.07. The summed E-state index contributed by atoms with van der Waals surface area (Å²) in [7, 11) is 1.58. The minimum atomic E-state index is -0.558. The Morgan fingerprint density at radius 2 is 2.15 bits per heavy atom. The molecule has 0 spiro atoms. The summed E-state index contributed by atoms with van der Waals surface area (Å²) in [4.78, 5) is 15.8. The van der Waals surface area contributed by atoms with E-state index >= 15 is 0 Å². The molecule has 27 heavy (non-hydrogen) atoms. The van der Waals surface area contributed by atoms with E-state index in [0.29, 0.717) is 23.0 Å². The van der Waals surface area contributed by atoms with Crippen LogP contribution in [0.25, 0.3) is 22.2 Å². The molecular formula is C20H16ClN3O3. The van der Waals surface area contributed by atoms with Crippen LogP contribution in [0.3, 0.4) is 0 Å². The topological polar surface area (TPSA) is 83.3 Å². The van der Waals surface area contributed by atoms with Crippen molar-refractivity contribution < 1.29 is 13.9 Å². The number of primary amides is 1. The Kier molecular flexibility index (Phi) is 4.33. The SMILES string of the molecule is COc1cc2cc(-c3ccoc3)n(Cc3cccc(C(N)=O)n3)c2cc1Cl. The molecule has 0 radical (unpaired) electrons. The average molecular weight is 382 g/mol. The van der Waals surface area contributed by atoms with Crippen LogP contribution in [-0.2, 0) is 6.54 Å². The van der Waals surface area contributed by atoms with Gasteiger partial charge in [0.1, 0.15) is 11.4 Å². The van der Waals surface area contributed by atoms with Crippen LogP contribution in [0, 0.1) is 0 Å². The summed E-state index contributed by atoms with van der Waals surface area (Å²) in [5.74, 6) is 0.0472. The lowest BCUT2D eigenvalue weighted by molar-refractivity contribution is 0.0995. The fraction of sp³-hybridized carbons (Fsp3) is 0.100. The van der Waals surface area contributed by atoms with E-state index < -0.39 is 5.91 Å². The maximum Gasteiger partial charge on any atom is 0.267 e. The molecule has 0 unspecified atom stereocenters. The lowest BCUT2D eigenvalue weighted by Crippen LogP contribution is -2.14. The van der Waals surface area contributed by atoms with Crippen LogP contribution >= 0.6 is 11.6 Å². The molecule has 0 saturated carbocycles. The van der Waals surface area contributed by atoms with Gasteiger partial charge in [0.05, 0.1) is 48.1 Å². The number of nitrogens with two attached hydrogens (primary N) is 1. The Balaban J connectivity index is 1.89. The Hall–Kier alpha value is -3.25. The van der Waals surface area contributed by atoms with Crippen LogP contribution < -0.4 is 10.5 Å². The Morgan fingerprint density at radius 3 is 2.85 bits per heavy atom. The van der Waals surface area contributed by atoms with Gasteiger partial charge in [0.15, 0.2) is 0 Å². The lowest BCUT2D eigenvalue weighted by Gasteiger charge is -2.11. The molecule has 1 amide bonds. The molecular weight excluding hydrogens is 366 g/mol. The van der Waals surface area contributed by atoms with Gasteiger partial charge in [-0.1, -0.05) is 17.7 Å². The van der Waals surface area contributed by atoms with Crippen LogP contribution in [0.2, 0.25) is 5.02 Å². The van der Waals surface area contributed by atoms with Gasteiger partial charge in [-0.15, -0.1) is 0 Å². The molecule has 0 aliphatic rings. The standard InChI is InChI=1S/C20H16ClN3O3/c1-26-19-8-13-7-17(12-5-6-27-11-12)24(18(13)9-15(19)21)10-14-3-2-4-16(23-14)20(22)25/h2-9,11H,10H2,1H3,(H2,22,25). The van der Waals surface area contributed by atoms with E-state index in [9.17, 15) is 4.79 Å². The Morgan fingerprint density at radius 1 is 1.30 bits per heavy atom. The Labute approximate surface area is 160 Å². The van der Waals surface area contributed by atoms with E-state index in [-0.39, 0.29) is 5.69 Å². The average Bonchev–Trinajstić information content (AvgIpc) is 3.30. The van der Waals surface area contributed by atoms with E-state index in [0.717, 1.165) is 22.2 Å². The number of aromatic nitrogens is 2. The zero-order valence-corrected chi connectivity index (χ0v) is 15.2. The van der Waals surface area contributed by atoms with Gasteiger partial charge in [0.2, 0.25) is 0 Å². The van der Waals surface area contributed by atoms with Crippen LogP contribution in [0.1, 0.15) is 16.2 Å². The zero-order chi connectivity index (χ0) is 19.0. The molecule has 0 fully saturated rings. The van der Waals surface area contributed by atoms with Gasteiger partial charge < -0.3 is 19.5 Å². The van der Waals surface area contributed by atoms with Gasteiger partial charge in [0, 0.05) is 10.9 Å². The molecule has 0 aliphatic carbocycles. The maximum absolute atomic E-state index is 11.4. The van der Waals surface area contributed by atoms with Gasteiger partial charge in [-0.05, 0) is 36.4 Å². The number of carbonyl (C=O) groups is 1. The molecule has 136 valence electrons. The van der Waals surface area contributed by atoms with Gasteiger partial charge in [0.25, 0.3) is 5.91 Å². The molecule has 3 aromatic heterocycles. The van der Waals surface area contributed by atoms with E-state index in [1.807, 2.05) is 30.3 Å². The predicted molar refractivity (Wildman–Crippen MR) is 103 cm³/mol. The van der Waals surface area contributed by atoms with Gasteiger partial charge in [-0.3, -0.25) is 4.79 Å². The highest BCUT2D eigenvalue weighted by Gasteiger charge is 2.16. The fourth-order valence-corrected chi connectivity index (χ4v) is 3.34. The molecule has 0 saturated heterocycles. The number of pyridine rings is 1. The number of halogens is 1. The molecule has 0 aliphatic heterocycles. The first-order chi connectivity index (χ1) is 13.1.